The zero-order valence-corrected chi connectivity index (χ0v) is 60.4. The number of alkyl halides is 8. The summed E-state index contributed by atoms with van der Waals surface area (Å²) in [7, 11) is 0. The van der Waals surface area contributed by atoms with Gasteiger partial charge in [0.15, 0.2) is 0 Å². The Labute approximate surface area is 613 Å². The van der Waals surface area contributed by atoms with E-state index in [2.05, 4.69) is 38.5 Å². The number of nitrogens with zero attached hydrogens (tertiary/aromatic N) is 6. The molecule has 1 aliphatic heterocycles. The molecule has 4 heterocycles. The van der Waals surface area contributed by atoms with Crippen LogP contribution in [-0.4, -0.2) is 74.2 Å². The van der Waals surface area contributed by atoms with Gasteiger partial charge in [-0.2, -0.15) is 15.8 Å². The molecule has 3 aromatic carbocycles. The average molecular weight is 1450 g/mol. The molecule has 7 aliphatic carbocycles. The number of benzene rings is 3. The molecule has 20 atom stereocenters. The fourth-order valence-electron chi connectivity index (χ4n) is 18.7. The number of amides is 1. The van der Waals surface area contributed by atoms with Gasteiger partial charge in [0, 0.05) is 156 Å². The molecule has 0 spiro atoms. The summed E-state index contributed by atoms with van der Waals surface area (Å²) in [5.74, 6) is -19.5. The van der Waals surface area contributed by atoms with Crippen LogP contribution in [0.25, 0.3) is 51.6 Å². The summed E-state index contributed by atoms with van der Waals surface area (Å²) in [4.78, 5) is 72.6. The molecule has 7 saturated carbocycles. The normalized spacial score (nSPS) is 32.6. The van der Waals surface area contributed by atoms with E-state index >= 15 is 0 Å². The number of fused-ring (bicyclic) bond motifs is 4. The number of Topliss-reactive ketones (excluding diaryl/α,β-unsaturated/α-hetero) is 3. The predicted octanol–water partition coefficient (Wildman–Crippen LogP) is 18.5. The lowest BCUT2D eigenvalue weighted by Gasteiger charge is -2.43. The van der Waals surface area contributed by atoms with Crippen LogP contribution in [-0.2, 0) is 24.0 Å². The molecule has 1 saturated heterocycles. The number of nitriles is 3. The van der Waals surface area contributed by atoms with E-state index in [1.807, 2.05) is 131 Å². The van der Waals surface area contributed by atoms with Crippen LogP contribution in [0.15, 0.2) is 146 Å². The summed E-state index contributed by atoms with van der Waals surface area (Å²) in [6.07, 6.45) is 16.2. The minimum atomic E-state index is -2.88. The van der Waals surface area contributed by atoms with Crippen LogP contribution in [0.5, 0.6) is 0 Å². The lowest BCUT2D eigenvalue weighted by atomic mass is 9.64. The molecule has 3 aromatic heterocycles. The predicted molar refractivity (Wildman–Crippen MR) is 387 cm³/mol. The fourth-order valence-corrected chi connectivity index (χ4v) is 18.7. The maximum absolute atomic E-state index is 14.6. The van der Waals surface area contributed by atoms with Crippen molar-refractivity contribution in [3.63, 3.8) is 0 Å². The second kappa shape index (κ2) is 31.4. The second-order valence-electron chi connectivity index (χ2n) is 30.9. The maximum Gasteiger partial charge on any atom is 0.252 e. The van der Waals surface area contributed by atoms with Gasteiger partial charge < -0.3 is 10.1 Å². The number of aldehydes is 1. The van der Waals surface area contributed by atoms with E-state index in [0.29, 0.717) is 59.3 Å². The van der Waals surface area contributed by atoms with E-state index in [0.717, 1.165) is 33.4 Å². The van der Waals surface area contributed by atoms with Crippen molar-refractivity contribution in [1.29, 1.82) is 15.8 Å². The minimum absolute atomic E-state index is 0.0175. The number of carbonyl (C=O) groups excluding carboxylic acids is 5. The van der Waals surface area contributed by atoms with Gasteiger partial charge in [-0.05, 0) is 121 Å². The van der Waals surface area contributed by atoms with Gasteiger partial charge in [0.05, 0.1) is 52.0 Å². The van der Waals surface area contributed by atoms with Crippen LogP contribution >= 0.6 is 0 Å². The molecule has 8 aliphatic rings. The molecule has 6 aromatic rings. The summed E-state index contributed by atoms with van der Waals surface area (Å²) in [6.45, 7) is 13.9. The Morgan fingerprint density at radius 3 is 0.972 bits per heavy atom. The summed E-state index contributed by atoms with van der Waals surface area (Å²) in [5.41, 5.74) is 8.61. The zero-order chi connectivity index (χ0) is 76.5. The maximum atomic E-state index is 14.6. The number of hydrogen-bond donors (Lipinski definition) is 1. The quantitative estimate of drug-likeness (QED) is 0.101. The topological polar surface area (TPSA) is 207 Å². The van der Waals surface area contributed by atoms with E-state index < -0.39 is 82.9 Å². The van der Waals surface area contributed by atoms with E-state index in [1.165, 1.54) is 6.92 Å². The first kappa shape index (κ1) is 77.5. The molecule has 14 rings (SSSR count). The van der Waals surface area contributed by atoms with Crippen LogP contribution in [0.3, 0.4) is 0 Å². The lowest BCUT2D eigenvalue weighted by Crippen LogP contribution is -2.47. The first-order chi connectivity index (χ1) is 50.3. The third kappa shape index (κ3) is 15.8. The Kier molecular flexibility index (Phi) is 23.0. The Morgan fingerprint density at radius 1 is 0.396 bits per heavy atom. The highest BCUT2D eigenvalue weighted by Crippen LogP contribution is 2.58. The van der Waals surface area contributed by atoms with E-state index in [9.17, 15) is 74.9 Å². The molecule has 8 fully saturated rings. The Hall–Kier alpha value is -9.61. The highest BCUT2D eigenvalue weighted by atomic mass is 19.3. The van der Waals surface area contributed by atoms with Crippen molar-refractivity contribution in [2.45, 2.75) is 130 Å². The third-order valence-corrected chi connectivity index (χ3v) is 24.7. The van der Waals surface area contributed by atoms with Gasteiger partial charge in [-0.3, -0.25) is 34.1 Å². The SMILES string of the molecule is C[C@H]1CC(=O)[C@@H]2CC(F)(F)[C@@H](C)[C@H](/C=C/c3ccc(-c4ccccc4C#N)cn3)[C@H]12.C[C@H]1CC(=O)[C@@H]2CC(F)(F)[C@@H](C)[C@H](/C=C/c3ccc(-c4ccccc4C#N)cn3)[C@H]12.C[C@H]1CC(=O)[C@@H]2CC(F)(F)[C@@H](C)[C@H](C=O)[C@H]12.C[C@H]1NC(=O)[C@@H]2CC(F)(F)[C@@H](C)[C@H](/C=C/c3ccc(-c4ccccc4C#N)cn3)[C@H]12. The fraction of sp³-hybridized carbons (Fsp3) is 0.453. The van der Waals surface area contributed by atoms with Crippen molar-refractivity contribution in [1.82, 2.24) is 20.3 Å². The van der Waals surface area contributed by atoms with Gasteiger partial charge >= 0.3 is 0 Å². The highest BCUT2D eigenvalue weighted by molar-refractivity contribution is 5.86. The van der Waals surface area contributed by atoms with Crippen molar-refractivity contribution < 1.29 is 59.1 Å². The Morgan fingerprint density at radius 2 is 0.679 bits per heavy atom. The number of hydrogen-bond acceptors (Lipinski definition) is 11. The van der Waals surface area contributed by atoms with Crippen LogP contribution in [0, 0.1) is 146 Å². The van der Waals surface area contributed by atoms with Gasteiger partial charge in [-0.15, -0.1) is 0 Å². The van der Waals surface area contributed by atoms with Gasteiger partial charge in [-0.25, -0.2) is 35.1 Å². The molecular formula is C86H87F8N7O5. The Bertz CT molecular complexity index is 4090. The molecule has 0 radical (unpaired) electrons. The number of pyridine rings is 3. The lowest BCUT2D eigenvalue weighted by molar-refractivity contribution is -0.155. The number of nitrogens with one attached hydrogen (secondary N) is 1. The van der Waals surface area contributed by atoms with Crippen LogP contribution in [0.4, 0.5) is 35.1 Å². The van der Waals surface area contributed by atoms with Gasteiger partial charge in [0.2, 0.25) is 5.91 Å². The van der Waals surface area contributed by atoms with E-state index in [4.69, 9.17) is 0 Å². The molecule has 106 heavy (non-hydrogen) atoms. The van der Waals surface area contributed by atoms with Crippen LogP contribution in [0.2, 0.25) is 0 Å². The molecule has 0 unspecified atom stereocenters. The summed E-state index contributed by atoms with van der Waals surface area (Å²) in [5, 5.41) is 30.7. The van der Waals surface area contributed by atoms with Crippen LogP contribution < -0.4 is 5.32 Å². The van der Waals surface area contributed by atoms with Gasteiger partial charge in [-0.1, -0.05) is 139 Å². The molecular weight excluding hydrogens is 1360 g/mol. The molecule has 1 N–H and O–H groups in total. The number of rotatable bonds is 10. The van der Waals surface area contributed by atoms with Gasteiger partial charge in [0.1, 0.15) is 23.6 Å². The smallest absolute Gasteiger partial charge is 0.252 e. The minimum Gasteiger partial charge on any atom is -0.353 e. The molecule has 552 valence electrons. The van der Waals surface area contributed by atoms with Crippen molar-refractivity contribution >= 4 is 47.8 Å². The first-order valence-electron chi connectivity index (χ1n) is 36.6. The van der Waals surface area contributed by atoms with Gasteiger partial charge in [0.25, 0.3) is 23.7 Å². The van der Waals surface area contributed by atoms with E-state index in [1.54, 1.807) is 81.9 Å². The largest absolute Gasteiger partial charge is 0.353 e. The third-order valence-electron chi connectivity index (χ3n) is 24.7. The van der Waals surface area contributed by atoms with E-state index in [-0.39, 0.29) is 108 Å². The molecule has 12 nitrogen and oxygen atoms in total. The Balaban J connectivity index is 0.000000144. The zero-order valence-electron chi connectivity index (χ0n) is 60.4. The number of allylic oxidation sites excluding steroid dienone is 3. The summed E-state index contributed by atoms with van der Waals surface area (Å²) in [6, 6.07) is 39.4. The molecule has 0 bridgehead atoms. The average Bonchev–Trinajstić information content (AvgIpc) is 1.58. The van der Waals surface area contributed by atoms with Crippen molar-refractivity contribution in [3.8, 4) is 51.6 Å². The standard InChI is InChI=1S/2C25H24F2N2O.C24H23F2N3O.C12H16F2O2/c2*1-15-11-23(30)22-12-25(26,27)16(2)20(24(15)22)10-9-19-8-7-18(14-29-19)21-6-4-3-5-17(21)13-28;1-14-19(22-15(2)29-23(30)21(22)11-24(14,25)26)10-9-18-8-7-17(13-28-18)20-6-4-3-5-16(20)12-27;1-6-3-10(16)8-4-12(13,14)7(2)9(5-15)11(6)8/h2*3-10,14-16,20,22,24H,11-12H2,1-2H3;3-10,13-15,19,21-22H,11H2,1-2H3,(H,29,30);5-9,11H,3-4H2,1-2H3/b3*10-9+;/t2*15-,16-,20-,22-,24-;14-,15+,19-,21+,22-;6-,7-,8-,9-,11+/m0000/s1. The number of aromatic nitrogens is 3. The molecule has 1 amide bonds. The summed E-state index contributed by atoms with van der Waals surface area (Å²) >= 11 is 0. The van der Waals surface area contributed by atoms with Crippen molar-refractivity contribution in [2.24, 2.45) is 112 Å². The number of ketones is 3. The van der Waals surface area contributed by atoms with Crippen molar-refractivity contribution in [3.05, 3.63) is 180 Å². The van der Waals surface area contributed by atoms with Crippen LogP contribution in [0.1, 0.15) is 134 Å². The number of carbonyl (C=O) groups is 5. The second-order valence-corrected chi connectivity index (χ2v) is 30.9. The molecule has 20 heteroatoms. The first-order valence-corrected chi connectivity index (χ1v) is 36.6. The summed E-state index contributed by atoms with van der Waals surface area (Å²) < 4.78 is 115. The number of halogens is 8. The highest BCUT2D eigenvalue weighted by Gasteiger charge is 2.62. The van der Waals surface area contributed by atoms with Crippen molar-refractivity contribution in [2.75, 3.05) is 0 Å². The monoisotopic (exact) mass is 1450 g/mol.